The molecule has 1 heterocycles. The van der Waals surface area contributed by atoms with E-state index < -0.39 is 29.9 Å². The summed E-state index contributed by atoms with van der Waals surface area (Å²) in [7, 11) is 0. The molecule has 0 saturated heterocycles. The number of nitrogens with zero attached hydrogens (tertiary/aromatic N) is 2. The number of carbonyl (C=O) groups excluding carboxylic acids is 3. The van der Waals surface area contributed by atoms with E-state index in [1.54, 1.807) is 66.7 Å². The predicted molar refractivity (Wildman–Crippen MR) is 119 cm³/mol. The highest BCUT2D eigenvalue weighted by Crippen LogP contribution is 2.25. The van der Waals surface area contributed by atoms with Gasteiger partial charge in [-0.3, -0.25) is 9.59 Å². The summed E-state index contributed by atoms with van der Waals surface area (Å²) in [4.78, 5) is 51.2. The number of rotatable bonds is 7. The topological polar surface area (TPSA) is 107 Å². The maximum atomic E-state index is 13.3. The van der Waals surface area contributed by atoms with Crippen molar-refractivity contribution in [3.8, 4) is 0 Å². The number of carboxylic acid groups (broad SMARTS) is 1. The van der Waals surface area contributed by atoms with E-state index in [1.807, 2.05) is 6.07 Å². The number of aliphatic carboxylic acids is 1. The molecule has 0 bridgehead atoms. The summed E-state index contributed by atoms with van der Waals surface area (Å²) in [5, 5.41) is 13.9. The third kappa shape index (κ3) is 4.59. The highest BCUT2D eigenvalue weighted by molar-refractivity contribution is 6.21. The number of carbonyl (C=O) groups is 4. The van der Waals surface area contributed by atoms with Crippen molar-refractivity contribution in [2.45, 2.75) is 19.0 Å². The molecule has 0 fully saturated rings. The van der Waals surface area contributed by atoms with Crippen LogP contribution in [0.4, 0.5) is 4.79 Å². The van der Waals surface area contributed by atoms with E-state index in [-0.39, 0.29) is 24.1 Å². The SMILES string of the molecule is O=C(O)C(Cc1ccccc1)NC(=O)N(Cc1ccccc1)N1C(=O)c2ccccc2C1=O. The van der Waals surface area contributed by atoms with Crippen molar-refractivity contribution >= 4 is 23.8 Å². The van der Waals surface area contributed by atoms with Crippen molar-refractivity contribution in [3.05, 3.63) is 107 Å². The Hall–Kier alpha value is -4.46. The Morgan fingerprint density at radius 2 is 1.27 bits per heavy atom. The van der Waals surface area contributed by atoms with Gasteiger partial charge in [-0.25, -0.2) is 14.6 Å². The van der Waals surface area contributed by atoms with Crippen LogP contribution in [0.15, 0.2) is 84.9 Å². The molecule has 1 unspecified atom stereocenters. The van der Waals surface area contributed by atoms with Crippen molar-refractivity contribution in [3.63, 3.8) is 0 Å². The zero-order valence-electron chi connectivity index (χ0n) is 17.5. The maximum absolute atomic E-state index is 13.3. The zero-order valence-corrected chi connectivity index (χ0v) is 17.5. The van der Waals surface area contributed by atoms with Gasteiger partial charge in [0.1, 0.15) is 6.04 Å². The number of imide groups is 1. The van der Waals surface area contributed by atoms with E-state index in [2.05, 4.69) is 5.32 Å². The predicted octanol–water partition coefficient (Wildman–Crippen LogP) is 3.11. The molecule has 1 aliphatic rings. The largest absolute Gasteiger partial charge is 0.480 e. The molecule has 4 amide bonds. The van der Waals surface area contributed by atoms with Crippen molar-refractivity contribution in [2.24, 2.45) is 0 Å². The quantitative estimate of drug-likeness (QED) is 0.546. The van der Waals surface area contributed by atoms with Crippen LogP contribution in [0.3, 0.4) is 0 Å². The van der Waals surface area contributed by atoms with Crippen molar-refractivity contribution in [2.75, 3.05) is 0 Å². The fraction of sp³-hybridized carbons (Fsp3) is 0.120. The van der Waals surface area contributed by atoms with Crippen molar-refractivity contribution < 1.29 is 24.3 Å². The van der Waals surface area contributed by atoms with Crippen LogP contribution in [0.1, 0.15) is 31.8 Å². The van der Waals surface area contributed by atoms with Gasteiger partial charge in [-0.05, 0) is 23.3 Å². The Morgan fingerprint density at radius 3 is 1.79 bits per heavy atom. The average Bonchev–Trinajstić information content (AvgIpc) is 3.08. The van der Waals surface area contributed by atoms with E-state index in [1.165, 1.54) is 12.1 Å². The van der Waals surface area contributed by atoms with Crippen LogP contribution in [-0.4, -0.2) is 45.0 Å². The second kappa shape index (κ2) is 9.35. The highest BCUT2D eigenvalue weighted by Gasteiger charge is 2.42. The highest BCUT2D eigenvalue weighted by atomic mass is 16.4. The number of fused-ring (bicyclic) bond motifs is 1. The number of hydrogen-bond donors (Lipinski definition) is 2. The Labute approximate surface area is 190 Å². The Kier molecular flexibility index (Phi) is 6.17. The van der Waals surface area contributed by atoms with Crippen molar-refractivity contribution in [1.29, 1.82) is 0 Å². The number of carboxylic acids is 1. The number of hydrogen-bond acceptors (Lipinski definition) is 4. The van der Waals surface area contributed by atoms with Crippen LogP contribution in [0, 0.1) is 0 Å². The summed E-state index contributed by atoms with van der Waals surface area (Å²) >= 11 is 0. The fourth-order valence-corrected chi connectivity index (χ4v) is 3.66. The molecule has 8 nitrogen and oxygen atoms in total. The molecule has 3 aromatic carbocycles. The molecular formula is C25H21N3O5. The standard InChI is InChI=1S/C25H21N3O5/c29-22-19-13-7-8-14-20(19)23(30)28(22)27(16-18-11-5-2-6-12-18)25(33)26-21(24(31)32)15-17-9-3-1-4-10-17/h1-14,21H,15-16H2,(H,26,33)(H,31,32). The third-order valence-corrected chi connectivity index (χ3v) is 5.30. The average molecular weight is 443 g/mol. The summed E-state index contributed by atoms with van der Waals surface area (Å²) in [5.41, 5.74) is 1.76. The van der Waals surface area contributed by atoms with Gasteiger partial charge in [0.25, 0.3) is 11.8 Å². The fourth-order valence-electron chi connectivity index (χ4n) is 3.66. The van der Waals surface area contributed by atoms with E-state index in [9.17, 15) is 24.3 Å². The first-order valence-electron chi connectivity index (χ1n) is 10.3. The number of hydrazine groups is 1. The minimum absolute atomic E-state index is 0.0448. The van der Waals surface area contributed by atoms with Gasteiger partial charge < -0.3 is 10.4 Å². The molecule has 1 aliphatic heterocycles. The first-order valence-corrected chi connectivity index (χ1v) is 10.3. The van der Waals surface area contributed by atoms with Gasteiger partial charge in [-0.2, -0.15) is 5.01 Å². The summed E-state index contributed by atoms with van der Waals surface area (Å²) < 4.78 is 0. The molecule has 0 spiro atoms. The minimum Gasteiger partial charge on any atom is -0.480 e. The van der Waals surface area contributed by atoms with Gasteiger partial charge in [-0.15, -0.1) is 0 Å². The van der Waals surface area contributed by atoms with Crippen LogP contribution < -0.4 is 5.32 Å². The zero-order chi connectivity index (χ0) is 23.4. The lowest BCUT2D eigenvalue weighted by molar-refractivity contribution is -0.139. The van der Waals surface area contributed by atoms with Crippen LogP contribution >= 0.6 is 0 Å². The van der Waals surface area contributed by atoms with E-state index >= 15 is 0 Å². The molecule has 8 heteroatoms. The molecule has 1 atom stereocenters. The third-order valence-electron chi connectivity index (χ3n) is 5.30. The molecule has 0 aromatic heterocycles. The minimum atomic E-state index is -1.26. The Morgan fingerprint density at radius 1 is 0.788 bits per heavy atom. The monoisotopic (exact) mass is 443 g/mol. The molecule has 166 valence electrons. The molecule has 0 radical (unpaired) electrons. The lowest BCUT2D eigenvalue weighted by Gasteiger charge is -2.31. The summed E-state index contributed by atoms with van der Waals surface area (Å²) in [5.74, 6) is -2.51. The van der Waals surface area contributed by atoms with E-state index in [0.717, 1.165) is 15.6 Å². The Balaban J connectivity index is 1.63. The van der Waals surface area contributed by atoms with E-state index in [4.69, 9.17) is 0 Å². The van der Waals surface area contributed by atoms with Crippen LogP contribution in [0.5, 0.6) is 0 Å². The smallest absolute Gasteiger partial charge is 0.337 e. The number of benzene rings is 3. The van der Waals surface area contributed by atoms with Gasteiger partial charge in [-0.1, -0.05) is 72.8 Å². The van der Waals surface area contributed by atoms with Crippen LogP contribution in [0.25, 0.3) is 0 Å². The second-order valence-corrected chi connectivity index (χ2v) is 7.54. The second-order valence-electron chi connectivity index (χ2n) is 7.54. The summed E-state index contributed by atoms with van der Waals surface area (Å²) in [6.07, 6.45) is 0.0448. The number of nitrogens with one attached hydrogen (secondary N) is 1. The van der Waals surface area contributed by atoms with Gasteiger partial charge in [0, 0.05) is 6.42 Å². The first-order chi connectivity index (χ1) is 16.0. The molecule has 33 heavy (non-hydrogen) atoms. The maximum Gasteiger partial charge on any atom is 0.337 e. The summed E-state index contributed by atoms with van der Waals surface area (Å²) in [6, 6.07) is 21.9. The number of urea groups is 1. The van der Waals surface area contributed by atoms with Crippen LogP contribution in [0.2, 0.25) is 0 Å². The van der Waals surface area contributed by atoms with Gasteiger partial charge in [0.2, 0.25) is 0 Å². The van der Waals surface area contributed by atoms with Crippen molar-refractivity contribution in [1.82, 2.24) is 15.3 Å². The lowest BCUT2D eigenvalue weighted by Crippen LogP contribution is -2.56. The molecular weight excluding hydrogens is 422 g/mol. The molecule has 0 saturated carbocycles. The number of amides is 4. The molecule has 4 rings (SSSR count). The summed E-state index contributed by atoms with van der Waals surface area (Å²) in [6.45, 7) is -0.101. The van der Waals surface area contributed by atoms with Gasteiger partial charge >= 0.3 is 12.0 Å². The van der Waals surface area contributed by atoms with Gasteiger partial charge in [0.05, 0.1) is 17.7 Å². The van der Waals surface area contributed by atoms with Gasteiger partial charge in [0.15, 0.2) is 0 Å². The first kappa shape index (κ1) is 21.8. The molecule has 3 aromatic rings. The normalized spacial score (nSPS) is 13.4. The lowest BCUT2D eigenvalue weighted by atomic mass is 10.1. The Bertz CT molecular complexity index is 1160. The molecule has 2 N–H and O–H groups in total. The molecule has 0 aliphatic carbocycles. The van der Waals surface area contributed by atoms with Crippen LogP contribution in [-0.2, 0) is 17.8 Å². The van der Waals surface area contributed by atoms with E-state index in [0.29, 0.717) is 5.56 Å².